The Morgan fingerprint density at radius 2 is 1.79 bits per heavy atom. The third-order valence-corrected chi connectivity index (χ3v) is 5.26. The number of pyridine rings is 1. The molecule has 1 atom stereocenters. The number of H-pyrrole nitrogens is 1. The molecule has 0 aliphatic rings. The molecule has 1 aromatic heterocycles. The highest BCUT2D eigenvalue weighted by Crippen LogP contribution is 2.34. The largest absolute Gasteiger partial charge is 0.506 e. The van der Waals surface area contributed by atoms with E-state index >= 15 is 0 Å². The SMILES string of the molecule is CCOC(=O)c1c[nH]c(=O)c([C@@H](CC(=O)NCc2ccc(F)cc2)c2ccc(OC)cc2)c1O. The second-order valence-corrected chi connectivity index (χ2v) is 7.45. The molecule has 0 aliphatic heterocycles. The molecule has 0 spiro atoms. The topological polar surface area (TPSA) is 118 Å². The molecule has 2 aromatic carbocycles. The first kappa shape index (κ1) is 24.5. The van der Waals surface area contributed by atoms with Crippen molar-refractivity contribution in [3.8, 4) is 11.5 Å². The van der Waals surface area contributed by atoms with E-state index in [9.17, 15) is 23.9 Å². The number of amides is 1. The fraction of sp³-hybridized carbons (Fsp3) is 0.240. The summed E-state index contributed by atoms with van der Waals surface area (Å²) in [6, 6.07) is 12.4. The van der Waals surface area contributed by atoms with E-state index in [1.807, 2.05) is 0 Å². The number of methoxy groups -OCH3 is 1. The van der Waals surface area contributed by atoms with Gasteiger partial charge in [0.15, 0.2) is 0 Å². The maximum atomic E-state index is 13.1. The van der Waals surface area contributed by atoms with Gasteiger partial charge in [-0.25, -0.2) is 9.18 Å². The average molecular weight is 468 g/mol. The highest BCUT2D eigenvalue weighted by molar-refractivity contribution is 5.92. The molecule has 0 fully saturated rings. The number of hydrogen-bond donors (Lipinski definition) is 3. The first-order valence-electron chi connectivity index (χ1n) is 10.6. The summed E-state index contributed by atoms with van der Waals surface area (Å²) < 4.78 is 23.2. The number of nitrogens with one attached hydrogen (secondary N) is 2. The smallest absolute Gasteiger partial charge is 0.343 e. The number of carbonyl (C=O) groups excluding carboxylic acids is 2. The second kappa shape index (κ2) is 11.1. The van der Waals surface area contributed by atoms with Crippen molar-refractivity contribution in [1.82, 2.24) is 10.3 Å². The molecule has 3 rings (SSSR count). The molecule has 0 saturated carbocycles. The molecule has 8 nitrogen and oxygen atoms in total. The number of rotatable bonds is 9. The number of esters is 1. The van der Waals surface area contributed by atoms with Gasteiger partial charge < -0.3 is 24.9 Å². The van der Waals surface area contributed by atoms with E-state index in [-0.39, 0.29) is 36.5 Å². The van der Waals surface area contributed by atoms with Crippen molar-refractivity contribution in [3.05, 3.63) is 93.2 Å². The number of carbonyl (C=O) groups is 2. The van der Waals surface area contributed by atoms with Crippen LogP contribution in [-0.4, -0.2) is 35.7 Å². The van der Waals surface area contributed by atoms with Crippen molar-refractivity contribution in [2.75, 3.05) is 13.7 Å². The first-order valence-corrected chi connectivity index (χ1v) is 10.6. The van der Waals surface area contributed by atoms with Crippen molar-refractivity contribution in [1.29, 1.82) is 0 Å². The number of aromatic nitrogens is 1. The van der Waals surface area contributed by atoms with Crippen LogP contribution in [0.3, 0.4) is 0 Å². The van der Waals surface area contributed by atoms with Crippen LogP contribution in [0.5, 0.6) is 11.5 Å². The van der Waals surface area contributed by atoms with E-state index < -0.39 is 29.1 Å². The van der Waals surface area contributed by atoms with Crippen LogP contribution in [0.4, 0.5) is 4.39 Å². The summed E-state index contributed by atoms with van der Waals surface area (Å²) in [7, 11) is 1.51. The van der Waals surface area contributed by atoms with E-state index in [0.29, 0.717) is 16.9 Å². The van der Waals surface area contributed by atoms with Gasteiger partial charge in [-0.15, -0.1) is 0 Å². The minimum atomic E-state index is -0.878. The number of halogens is 1. The van der Waals surface area contributed by atoms with Crippen molar-refractivity contribution >= 4 is 11.9 Å². The fourth-order valence-electron chi connectivity index (χ4n) is 3.51. The highest BCUT2D eigenvalue weighted by Gasteiger charge is 2.28. The van der Waals surface area contributed by atoms with Crippen LogP contribution in [0.15, 0.2) is 59.5 Å². The molecule has 3 N–H and O–H groups in total. The van der Waals surface area contributed by atoms with Crippen molar-refractivity contribution in [2.24, 2.45) is 0 Å². The molecule has 178 valence electrons. The van der Waals surface area contributed by atoms with Crippen molar-refractivity contribution in [2.45, 2.75) is 25.8 Å². The third kappa shape index (κ3) is 5.80. The lowest BCUT2D eigenvalue weighted by Crippen LogP contribution is -2.27. The van der Waals surface area contributed by atoms with Crippen LogP contribution in [0.2, 0.25) is 0 Å². The Hall–Kier alpha value is -4.14. The van der Waals surface area contributed by atoms with Gasteiger partial charge in [0.25, 0.3) is 5.56 Å². The van der Waals surface area contributed by atoms with Crippen LogP contribution < -0.4 is 15.6 Å². The number of aromatic amines is 1. The summed E-state index contributed by atoms with van der Waals surface area (Å²) in [6.45, 7) is 1.85. The Bertz CT molecular complexity index is 1210. The Labute approximate surface area is 195 Å². The van der Waals surface area contributed by atoms with Gasteiger partial charge in [0.2, 0.25) is 5.91 Å². The zero-order chi connectivity index (χ0) is 24.7. The number of ether oxygens (including phenoxy) is 2. The molecule has 1 heterocycles. The summed E-state index contributed by atoms with van der Waals surface area (Å²) >= 11 is 0. The Morgan fingerprint density at radius 1 is 1.12 bits per heavy atom. The standard InChI is InChI=1S/C25H25FN2O6/c1-3-34-25(32)20-14-28-24(31)22(23(20)30)19(16-6-10-18(33-2)11-7-16)12-21(29)27-13-15-4-8-17(26)9-5-15/h4-11,14,19H,3,12-13H2,1-2H3,(H,27,29)(H2,28,30,31)/t19-/m0/s1. The van der Waals surface area contributed by atoms with Gasteiger partial charge in [0.1, 0.15) is 22.9 Å². The number of hydrogen-bond acceptors (Lipinski definition) is 6. The van der Waals surface area contributed by atoms with Gasteiger partial charge in [-0.1, -0.05) is 24.3 Å². The maximum Gasteiger partial charge on any atom is 0.343 e. The molecular weight excluding hydrogens is 443 g/mol. The van der Waals surface area contributed by atoms with E-state index in [2.05, 4.69) is 10.3 Å². The van der Waals surface area contributed by atoms with Gasteiger partial charge in [0, 0.05) is 25.1 Å². The van der Waals surface area contributed by atoms with E-state index in [0.717, 1.165) is 6.20 Å². The minimum Gasteiger partial charge on any atom is -0.506 e. The molecule has 3 aromatic rings. The third-order valence-electron chi connectivity index (χ3n) is 5.26. The highest BCUT2D eigenvalue weighted by atomic mass is 19.1. The Kier molecular flexibility index (Phi) is 8.02. The summed E-state index contributed by atoms with van der Waals surface area (Å²) in [6.07, 6.45) is 0.884. The fourth-order valence-corrected chi connectivity index (χ4v) is 3.51. The maximum absolute atomic E-state index is 13.1. The molecular formula is C25H25FN2O6. The molecule has 0 unspecified atom stereocenters. The lowest BCUT2D eigenvalue weighted by atomic mass is 9.87. The summed E-state index contributed by atoms with van der Waals surface area (Å²) in [4.78, 5) is 40.3. The summed E-state index contributed by atoms with van der Waals surface area (Å²) in [5.74, 6) is -2.45. The summed E-state index contributed by atoms with van der Waals surface area (Å²) in [5.41, 5.74) is 0.271. The van der Waals surface area contributed by atoms with Gasteiger partial charge in [-0.05, 0) is 42.3 Å². The van der Waals surface area contributed by atoms with Crippen molar-refractivity contribution < 1.29 is 28.6 Å². The average Bonchev–Trinajstić information content (AvgIpc) is 2.83. The molecule has 34 heavy (non-hydrogen) atoms. The molecule has 1 amide bonds. The van der Waals surface area contributed by atoms with E-state index in [4.69, 9.17) is 9.47 Å². The normalized spacial score (nSPS) is 11.5. The van der Waals surface area contributed by atoms with Crippen LogP contribution in [0, 0.1) is 5.82 Å². The van der Waals surface area contributed by atoms with Gasteiger partial charge in [-0.3, -0.25) is 9.59 Å². The van der Waals surface area contributed by atoms with Crippen molar-refractivity contribution in [3.63, 3.8) is 0 Å². The lowest BCUT2D eigenvalue weighted by molar-refractivity contribution is -0.121. The summed E-state index contributed by atoms with van der Waals surface area (Å²) in [5, 5.41) is 13.6. The molecule has 9 heteroatoms. The lowest BCUT2D eigenvalue weighted by Gasteiger charge is -2.19. The zero-order valence-electron chi connectivity index (χ0n) is 18.8. The number of benzene rings is 2. The predicted molar refractivity (Wildman–Crippen MR) is 122 cm³/mol. The van der Waals surface area contributed by atoms with Gasteiger partial charge in [-0.2, -0.15) is 0 Å². The monoisotopic (exact) mass is 468 g/mol. The van der Waals surface area contributed by atoms with Gasteiger partial charge >= 0.3 is 5.97 Å². The molecule has 0 radical (unpaired) electrons. The van der Waals surface area contributed by atoms with E-state index in [1.54, 1.807) is 43.3 Å². The Morgan fingerprint density at radius 3 is 2.41 bits per heavy atom. The second-order valence-electron chi connectivity index (χ2n) is 7.45. The zero-order valence-corrected chi connectivity index (χ0v) is 18.8. The van der Waals surface area contributed by atoms with Crippen LogP contribution >= 0.6 is 0 Å². The molecule has 0 aliphatic carbocycles. The number of aromatic hydroxyl groups is 1. The predicted octanol–water partition coefficient (Wildman–Crippen LogP) is 3.24. The molecule has 0 saturated heterocycles. The molecule has 0 bridgehead atoms. The minimum absolute atomic E-state index is 0.0838. The first-order chi connectivity index (χ1) is 16.3. The van der Waals surface area contributed by atoms with Crippen LogP contribution in [0.1, 0.15) is 46.3 Å². The van der Waals surface area contributed by atoms with E-state index in [1.165, 1.54) is 19.2 Å². The van der Waals surface area contributed by atoms with Crippen LogP contribution in [-0.2, 0) is 16.1 Å². The Balaban J connectivity index is 1.95. The van der Waals surface area contributed by atoms with Gasteiger partial charge in [0.05, 0.1) is 19.3 Å². The quantitative estimate of drug-likeness (QED) is 0.415. The van der Waals surface area contributed by atoms with Crippen LogP contribution in [0.25, 0.3) is 0 Å².